The second kappa shape index (κ2) is 6.99. The topological polar surface area (TPSA) is 75.6 Å². The second-order valence-corrected chi connectivity index (χ2v) is 5.99. The van der Waals surface area contributed by atoms with Crippen LogP contribution in [0.2, 0.25) is 10.0 Å². The number of thioether (sulfide) groups is 1. The Balaban J connectivity index is 2.21. The van der Waals surface area contributed by atoms with E-state index in [1.165, 1.54) is 11.8 Å². The molecule has 0 aliphatic rings. The molecule has 2 rings (SSSR count). The van der Waals surface area contributed by atoms with E-state index >= 15 is 0 Å². The zero-order chi connectivity index (χ0) is 15.4. The molecular weight excluding hydrogens is 327 g/mol. The molecule has 0 saturated heterocycles. The van der Waals surface area contributed by atoms with Gasteiger partial charge in [0.15, 0.2) is 5.16 Å². The van der Waals surface area contributed by atoms with Crippen molar-refractivity contribution in [3.05, 3.63) is 45.1 Å². The standard InChI is InChI=1S/C14H12Cl2N4S/c1-2-12-10(6-17)13(18)20-14(19-12)21-7-8-3-4-9(15)5-11(8)16/h3-5H,2,7H2,1H3,(H2,18,19,20). The van der Waals surface area contributed by atoms with Crippen molar-refractivity contribution in [1.82, 2.24) is 9.97 Å². The Labute approximate surface area is 137 Å². The molecule has 0 aliphatic heterocycles. The third-order valence-electron chi connectivity index (χ3n) is 2.81. The van der Waals surface area contributed by atoms with Gasteiger partial charge in [0.05, 0.1) is 5.69 Å². The molecule has 4 nitrogen and oxygen atoms in total. The van der Waals surface area contributed by atoms with Crippen LogP contribution in [0.25, 0.3) is 0 Å². The summed E-state index contributed by atoms with van der Waals surface area (Å²) in [5.74, 6) is 0.818. The summed E-state index contributed by atoms with van der Waals surface area (Å²) in [5, 5.41) is 10.8. The number of nitriles is 1. The van der Waals surface area contributed by atoms with Gasteiger partial charge in [-0.15, -0.1) is 0 Å². The smallest absolute Gasteiger partial charge is 0.190 e. The normalized spacial score (nSPS) is 10.4. The molecule has 0 spiro atoms. The van der Waals surface area contributed by atoms with E-state index in [0.717, 1.165) is 5.56 Å². The zero-order valence-electron chi connectivity index (χ0n) is 11.2. The molecule has 0 aliphatic carbocycles. The van der Waals surface area contributed by atoms with Gasteiger partial charge in [0.1, 0.15) is 17.5 Å². The quantitative estimate of drug-likeness (QED) is 0.671. The van der Waals surface area contributed by atoms with Crippen LogP contribution in [0.1, 0.15) is 23.7 Å². The van der Waals surface area contributed by atoms with Crippen LogP contribution < -0.4 is 5.73 Å². The monoisotopic (exact) mass is 338 g/mol. The lowest BCUT2D eigenvalue weighted by atomic mass is 10.2. The summed E-state index contributed by atoms with van der Waals surface area (Å²) >= 11 is 13.4. The Morgan fingerprint density at radius 3 is 2.71 bits per heavy atom. The van der Waals surface area contributed by atoms with Crippen molar-refractivity contribution in [2.24, 2.45) is 0 Å². The SMILES string of the molecule is CCc1nc(SCc2ccc(Cl)cc2Cl)nc(N)c1C#N. The number of hydrogen-bond acceptors (Lipinski definition) is 5. The number of anilines is 1. The van der Waals surface area contributed by atoms with Crippen molar-refractivity contribution in [3.63, 3.8) is 0 Å². The molecular formula is C14H12Cl2N4S. The summed E-state index contributed by atoms with van der Waals surface area (Å²) in [5.41, 5.74) is 7.75. The maximum atomic E-state index is 9.04. The highest BCUT2D eigenvalue weighted by atomic mass is 35.5. The Hall–Kier alpha value is -1.48. The van der Waals surface area contributed by atoms with Crippen LogP contribution in [0.4, 0.5) is 5.82 Å². The summed E-state index contributed by atoms with van der Waals surface area (Å²) < 4.78 is 0. The number of aryl methyl sites for hydroxylation is 1. The molecule has 0 saturated carbocycles. The van der Waals surface area contributed by atoms with Crippen LogP contribution in [0.5, 0.6) is 0 Å². The van der Waals surface area contributed by atoms with E-state index in [-0.39, 0.29) is 5.82 Å². The average molecular weight is 339 g/mol. The maximum absolute atomic E-state index is 9.04. The predicted molar refractivity (Wildman–Crippen MR) is 86.6 cm³/mol. The number of nitrogens with zero attached hydrogens (tertiary/aromatic N) is 3. The first kappa shape index (κ1) is 15.9. The van der Waals surface area contributed by atoms with E-state index in [1.54, 1.807) is 12.1 Å². The highest BCUT2D eigenvalue weighted by Crippen LogP contribution is 2.28. The van der Waals surface area contributed by atoms with Crippen molar-refractivity contribution in [3.8, 4) is 6.07 Å². The van der Waals surface area contributed by atoms with Crippen LogP contribution in [-0.4, -0.2) is 9.97 Å². The lowest BCUT2D eigenvalue weighted by Crippen LogP contribution is -2.04. The molecule has 0 unspecified atom stereocenters. The van der Waals surface area contributed by atoms with E-state index < -0.39 is 0 Å². The molecule has 0 fully saturated rings. The van der Waals surface area contributed by atoms with Crippen molar-refractivity contribution in [1.29, 1.82) is 5.26 Å². The predicted octanol–water partition coefficient (Wildman–Crippen LogP) is 4.09. The highest BCUT2D eigenvalue weighted by molar-refractivity contribution is 7.98. The number of rotatable bonds is 4. The summed E-state index contributed by atoms with van der Waals surface area (Å²) in [4.78, 5) is 8.52. The molecule has 0 amide bonds. The minimum absolute atomic E-state index is 0.217. The molecule has 7 heteroatoms. The Bertz CT molecular complexity index is 713. The van der Waals surface area contributed by atoms with E-state index in [9.17, 15) is 0 Å². The molecule has 2 N–H and O–H groups in total. The van der Waals surface area contributed by atoms with Crippen molar-refractivity contribution >= 4 is 40.8 Å². The van der Waals surface area contributed by atoms with Crippen molar-refractivity contribution in [2.45, 2.75) is 24.3 Å². The third-order valence-corrected chi connectivity index (χ3v) is 4.29. The molecule has 1 aromatic heterocycles. The number of nitrogen functional groups attached to an aromatic ring is 1. The van der Waals surface area contributed by atoms with E-state index in [1.807, 2.05) is 19.1 Å². The number of nitrogens with two attached hydrogens (primary N) is 1. The van der Waals surface area contributed by atoms with Gasteiger partial charge < -0.3 is 5.73 Å². The lowest BCUT2D eigenvalue weighted by molar-refractivity contribution is 0.888. The van der Waals surface area contributed by atoms with Gasteiger partial charge in [-0.1, -0.05) is 48.0 Å². The van der Waals surface area contributed by atoms with E-state index in [0.29, 0.717) is 38.6 Å². The molecule has 0 radical (unpaired) electrons. The highest BCUT2D eigenvalue weighted by Gasteiger charge is 2.12. The minimum atomic E-state index is 0.217. The van der Waals surface area contributed by atoms with Crippen LogP contribution in [0, 0.1) is 11.3 Å². The fraction of sp³-hybridized carbons (Fsp3) is 0.214. The minimum Gasteiger partial charge on any atom is -0.382 e. The first-order chi connectivity index (χ1) is 10.0. The third kappa shape index (κ3) is 3.79. The molecule has 0 bridgehead atoms. The molecule has 0 atom stereocenters. The van der Waals surface area contributed by atoms with Crippen molar-refractivity contribution in [2.75, 3.05) is 5.73 Å². The fourth-order valence-corrected chi connectivity index (χ4v) is 3.15. The van der Waals surface area contributed by atoms with Gasteiger partial charge in [0, 0.05) is 15.8 Å². The van der Waals surface area contributed by atoms with Gasteiger partial charge in [0.2, 0.25) is 0 Å². The molecule has 108 valence electrons. The summed E-state index contributed by atoms with van der Waals surface area (Å²) in [6.07, 6.45) is 0.630. The van der Waals surface area contributed by atoms with E-state index in [4.69, 9.17) is 34.2 Å². The van der Waals surface area contributed by atoms with Crippen LogP contribution in [0.15, 0.2) is 23.4 Å². The first-order valence-corrected chi connectivity index (χ1v) is 7.92. The van der Waals surface area contributed by atoms with Gasteiger partial charge in [-0.05, 0) is 24.1 Å². The first-order valence-electron chi connectivity index (χ1n) is 6.18. The summed E-state index contributed by atoms with van der Waals surface area (Å²) in [6, 6.07) is 7.39. The number of aromatic nitrogens is 2. The van der Waals surface area contributed by atoms with Gasteiger partial charge in [0.25, 0.3) is 0 Å². The lowest BCUT2D eigenvalue weighted by Gasteiger charge is -2.07. The van der Waals surface area contributed by atoms with Gasteiger partial charge in [-0.25, -0.2) is 9.97 Å². The zero-order valence-corrected chi connectivity index (χ0v) is 13.6. The van der Waals surface area contributed by atoms with Gasteiger partial charge in [-0.2, -0.15) is 5.26 Å². The van der Waals surface area contributed by atoms with Crippen LogP contribution >= 0.6 is 35.0 Å². The van der Waals surface area contributed by atoms with Crippen molar-refractivity contribution < 1.29 is 0 Å². The Morgan fingerprint density at radius 2 is 2.10 bits per heavy atom. The molecule has 2 aromatic rings. The molecule has 21 heavy (non-hydrogen) atoms. The molecule has 1 heterocycles. The number of benzene rings is 1. The summed E-state index contributed by atoms with van der Waals surface area (Å²) in [6.45, 7) is 1.92. The number of hydrogen-bond donors (Lipinski definition) is 1. The van der Waals surface area contributed by atoms with Gasteiger partial charge >= 0.3 is 0 Å². The van der Waals surface area contributed by atoms with E-state index in [2.05, 4.69) is 9.97 Å². The largest absolute Gasteiger partial charge is 0.382 e. The average Bonchev–Trinajstić information content (AvgIpc) is 2.45. The molecule has 1 aromatic carbocycles. The van der Waals surface area contributed by atoms with Gasteiger partial charge in [-0.3, -0.25) is 0 Å². The fourth-order valence-electron chi connectivity index (χ4n) is 1.73. The Morgan fingerprint density at radius 1 is 1.33 bits per heavy atom. The number of halogens is 2. The summed E-state index contributed by atoms with van der Waals surface area (Å²) in [7, 11) is 0. The van der Waals surface area contributed by atoms with Crippen LogP contribution in [0.3, 0.4) is 0 Å². The maximum Gasteiger partial charge on any atom is 0.190 e. The second-order valence-electron chi connectivity index (χ2n) is 4.20. The Kier molecular flexibility index (Phi) is 5.29. The van der Waals surface area contributed by atoms with Crippen LogP contribution in [-0.2, 0) is 12.2 Å².